The highest BCUT2D eigenvalue weighted by Crippen LogP contribution is 2.14. The van der Waals surface area contributed by atoms with Crippen LogP contribution < -0.4 is 5.69 Å². The zero-order chi connectivity index (χ0) is 11.5. The molecule has 1 aromatic heterocycles. The molecule has 0 spiro atoms. The Labute approximate surface area is 97.9 Å². The summed E-state index contributed by atoms with van der Waals surface area (Å²) in [4.78, 5) is 11.6. The fourth-order valence-corrected chi connectivity index (χ4v) is 1.97. The third-order valence-corrected chi connectivity index (χ3v) is 2.72. The van der Waals surface area contributed by atoms with Crippen molar-refractivity contribution in [2.24, 2.45) is 0 Å². The van der Waals surface area contributed by atoms with Gasteiger partial charge in [0, 0.05) is 0 Å². The maximum atomic E-state index is 11.6. The van der Waals surface area contributed by atoms with E-state index in [1.807, 2.05) is 24.3 Å². The number of nitrogens with one attached hydrogen (secondary N) is 2. The van der Waals surface area contributed by atoms with Gasteiger partial charge in [0.1, 0.15) is 0 Å². The Kier molecular flexibility index (Phi) is 3.05. The van der Waals surface area contributed by atoms with Crippen molar-refractivity contribution in [1.29, 1.82) is 0 Å². The minimum Gasteiger partial charge on any atom is -0.272 e. The molecule has 1 heterocycles. The fraction of sp³-hybridized carbons (Fsp3) is 0.273. The van der Waals surface area contributed by atoms with Crippen molar-refractivity contribution in [2.45, 2.75) is 19.8 Å². The summed E-state index contributed by atoms with van der Waals surface area (Å²) in [6, 6.07) is 7.80. The third kappa shape index (κ3) is 1.86. The highest BCUT2D eigenvalue weighted by molar-refractivity contribution is 7.71. The van der Waals surface area contributed by atoms with Gasteiger partial charge in [0.2, 0.25) is 4.77 Å². The van der Waals surface area contributed by atoms with Crippen LogP contribution in [0.5, 0.6) is 0 Å². The minimum atomic E-state index is -0.228. The van der Waals surface area contributed by atoms with Gasteiger partial charge < -0.3 is 0 Å². The standard InChI is InChI=1S/C11H13N3OS/c1-2-5-8-6-3-4-7-9(8)14-10(15)12-13-11(14)16/h3-4,6-7H,2,5H2,1H3,(H,12,15)(H,13,16). The van der Waals surface area contributed by atoms with Gasteiger partial charge in [-0.1, -0.05) is 31.5 Å². The Bertz CT molecular complexity index is 566. The number of aryl methyl sites for hydroxylation is 1. The molecule has 0 saturated heterocycles. The normalized spacial score (nSPS) is 10.6. The van der Waals surface area contributed by atoms with Gasteiger partial charge in [0.25, 0.3) is 0 Å². The van der Waals surface area contributed by atoms with Crippen LogP contribution in [-0.4, -0.2) is 14.8 Å². The molecule has 0 atom stereocenters. The van der Waals surface area contributed by atoms with Crippen LogP contribution in [0.2, 0.25) is 0 Å². The summed E-state index contributed by atoms with van der Waals surface area (Å²) in [6.45, 7) is 2.11. The Morgan fingerprint density at radius 3 is 2.69 bits per heavy atom. The molecule has 1 aromatic carbocycles. The Morgan fingerprint density at radius 1 is 1.31 bits per heavy atom. The smallest absolute Gasteiger partial charge is 0.272 e. The summed E-state index contributed by atoms with van der Waals surface area (Å²) in [5, 5.41) is 5.13. The van der Waals surface area contributed by atoms with Gasteiger partial charge in [0.05, 0.1) is 5.69 Å². The second kappa shape index (κ2) is 4.49. The number of aromatic amines is 2. The van der Waals surface area contributed by atoms with Crippen molar-refractivity contribution in [1.82, 2.24) is 14.8 Å². The molecule has 0 unspecified atom stereocenters. The van der Waals surface area contributed by atoms with E-state index in [-0.39, 0.29) is 5.69 Å². The molecule has 0 aliphatic carbocycles. The Hall–Kier alpha value is -1.62. The molecule has 2 rings (SSSR count). The molecule has 5 heteroatoms. The molecule has 0 aliphatic heterocycles. The van der Waals surface area contributed by atoms with Gasteiger partial charge >= 0.3 is 5.69 Å². The Balaban J connectivity index is 2.64. The number of hydrogen-bond acceptors (Lipinski definition) is 2. The molecular weight excluding hydrogens is 222 g/mol. The van der Waals surface area contributed by atoms with Crippen molar-refractivity contribution >= 4 is 12.2 Å². The first-order chi connectivity index (χ1) is 7.74. The first-order valence-corrected chi connectivity index (χ1v) is 5.63. The molecule has 0 radical (unpaired) electrons. The minimum absolute atomic E-state index is 0.228. The maximum Gasteiger partial charge on any atom is 0.347 e. The molecule has 0 amide bonds. The average molecular weight is 235 g/mol. The second-order valence-corrected chi connectivity index (χ2v) is 3.96. The number of H-pyrrole nitrogens is 2. The zero-order valence-electron chi connectivity index (χ0n) is 8.99. The van der Waals surface area contributed by atoms with Crippen LogP contribution in [0.25, 0.3) is 5.69 Å². The molecule has 16 heavy (non-hydrogen) atoms. The van der Waals surface area contributed by atoms with Crippen LogP contribution in [0.1, 0.15) is 18.9 Å². The van der Waals surface area contributed by atoms with E-state index < -0.39 is 0 Å². The van der Waals surface area contributed by atoms with Crippen LogP contribution in [0.4, 0.5) is 0 Å². The van der Waals surface area contributed by atoms with Crippen molar-refractivity contribution in [3.05, 3.63) is 45.1 Å². The lowest BCUT2D eigenvalue weighted by Gasteiger charge is -2.07. The number of nitrogens with zero attached hydrogens (tertiary/aromatic N) is 1. The van der Waals surface area contributed by atoms with Gasteiger partial charge in [0.15, 0.2) is 0 Å². The average Bonchev–Trinajstić information content (AvgIpc) is 2.60. The predicted octanol–water partition coefficient (Wildman–Crippen LogP) is 2.18. The second-order valence-electron chi connectivity index (χ2n) is 3.57. The van der Waals surface area contributed by atoms with Crippen molar-refractivity contribution in [2.75, 3.05) is 0 Å². The Morgan fingerprint density at radius 2 is 2.06 bits per heavy atom. The van der Waals surface area contributed by atoms with E-state index in [0.29, 0.717) is 4.77 Å². The van der Waals surface area contributed by atoms with Crippen LogP contribution >= 0.6 is 12.2 Å². The molecule has 84 valence electrons. The maximum absolute atomic E-state index is 11.6. The summed E-state index contributed by atoms with van der Waals surface area (Å²) < 4.78 is 1.88. The van der Waals surface area contributed by atoms with Crippen molar-refractivity contribution in [3.8, 4) is 5.69 Å². The lowest BCUT2D eigenvalue weighted by molar-refractivity contribution is 0.883. The van der Waals surface area contributed by atoms with Crippen molar-refractivity contribution in [3.63, 3.8) is 0 Å². The van der Waals surface area contributed by atoms with E-state index in [1.165, 1.54) is 4.57 Å². The van der Waals surface area contributed by atoms with Gasteiger partial charge in [-0.05, 0) is 30.3 Å². The van der Waals surface area contributed by atoms with E-state index in [1.54, 1.807) is 0 Å². The number of para-hydroxylation sites is 1. The summed E-state index contributed by atoms with van der Waals surface area (Å²) in [6.07, 6.45) is 1.97. The quantitative estimate of drug-likeness (QED) is 0.801. The molecule has 0 bridgehead atoms. The molecular formula is C11H13N3OS. The lowest BCUT2D eigenvalue weighted by Crippen LogP contribution is -2.16. The molecule has 0 fully saturated rings. The third-order valence-electron chi connectivity index (χ3n) is 2.43. The highest BCUT2D eigenvalue weighted by atomic mass is 32.1. The van der Waals surface area contributed by atoms with E-state index >= 15 is 0 Å². The van der Waals surface area contributed by atoms with E-state index in [2.05, 4.69) is 17.1 Å². The first kappa shape index (κ1) is 10.9. The summed E-state index contributed by atoms with van der Waals surface area (Å²) in [7, 11) is 0. The monoisotopic (exact) mass is 235 g/mol. The number of hydrogen-bond donors (Lipinski definition) is 2. The molecule has 0 aliphatic rings. The predicted molar refractivity (Wildman–Crippen MR) is 65.6 cm³/mol. The van der Waals surface area contributed by atoms with Crippen molar-refractivity contribution < 1.29 is 0 Å². The lowest BCUT2D eigenvalue weighted by atomic mass is 10.1. The van der Waals surface area contributed by atoms with Crippen LogP contribution in [0.3, 0.4) is 0 Å². The van der Waals surface area contributed by atoms with Crippen LogP contribution in [-0.2, 0) is 6.42 Å². The van der Waals surface area contributed by atoms with E-state index in [4.69, 9.17) is 12.2 Å². The summed E-state index contributed by atoms with van der Waals surface area (Å²) in [5.74, 6) is 0. The largest absolute Gasteiger partial charge is 0.347 e. The van der Waals surface area contributed by atoms with Crippen LogP contribution in [0.15, 0.2) is 29.1 Å². The number of aromatic nitrogens is 3. The van der Waals surface area contributed by atoms with E-state index in [9.17, 15) is 4.79 Å². The molecule has 2 N–H and O–H groups in total. The van der Waals surface area contributed by atoms with Gasteiger partial charge in [-0.25, -0.2) is 14.5 Å². The van der Waals surface area contributed by atoms with Gasteiger partial charge in [-0.2, -0.15) is 0 Å². The van der Waals surface area contributed by atoms with Gasteiger partial charge in [-0.3, -0.25) is 5.10 Å². The summed E-state index contributed by atoms with van der Waals surface area (Å²) in [5.41, 5.74) is 1.76. The first-order valence-electron chi connectivity index (χ1n) is 5.22. The number of benzene rings is 1. The molecule has 4 nitrogen and oxygen atoms in total. The van der Waals surface area contributed by atoms with Crippen LogP contribution in [0, 0.1) is 4.77 Å². The summed E-state index contributed by atoms with van der Waals surface area (Å²) >= 11 is 5.07. The van der Waals surface area contributed by atoms with Gasteiger partial charge in [-0.15, -0.1) is 0 Å². The SMILES string of the molecule is CCCc1ccccc1-n1c(=O)[nH][nH]c1=S. The molecule has 2 aromatic rings. The highest BCUT2D eigenvalue weighted by Gasteiger charge is 2.07. The topological polar surface area (TPSA) is 53.6 Å². The number of rotatable bonds is 3. The fourth-order valence-electron chi connectivity index (χ4n) is 1.74. The zero-order valence-corrected chi connectivity index (χ0v) is 9.80. The van der Waals surface area contributed by atoms with E-state index in [0.717, 1.165) is 24.1 Å². The molecule has 0 saturated carbocycles.